The topological polar surface area (TPSA) is 25.2 Å². The molecule has 74 valence electrons. The van der Waals surface area contributed by atoms with Crippen molar-refractivity contribution < 1.29 is 13.2 Å². The second kappa shape index (κ2) is 3.08. The minimum atomic E-state index is -4.37. The summed E-state index contributed by atoms with van der Waals surface area (Å²) >= 11 is 0. The number of nitrogens with zero attached hydrogens (tertiary/aromatic N) is 2. The third kappa shape index (κ3) is 1.62. The molecule has 1 aliphatic rings. The second-order valence-electron chi connectivity index (χ2n) is 2.98. The molecular weight excluding hydrogens is 193 g/mol. The molecule has 5 heteroatoms. The van der Waals surface area contributed by atoms with E-state index in [0.717, 1.165) is 6.07 Å². The van der Waals surface area contributed by atoms with Crippen LogP contribution in [0.4, 0.5) is 13.2 Å². The summed E-state index contributed by atoms with van der Waals surface area (Å²) in [4.78, 5) is 7.46. The quantitative estimate of drug-likeness (QED) is 0.682. The van der Waals surface area contributed by atoms with Gasteiger partial charge in [0.05, 0.1) is 11.4 Å². The first-order chi connectivity index (χ1) is 6.57. The summed E-state index contributed by atoms with van der Waals surface area (Å²) in [6.45, 7) is 0.688. The molecule has 1 aliphatic heterocycles. The number of aromatic nitrogens is 1. The summed E-state index contributed by atoms with van der Waals surface area (Å²) in [7, 11) is 0. The number of hydrogen-bond acceptors (Lipinski definition) is 2. The highest BCUT2D eigenvalue weighted by molar-refractivity contribution is 6.01. The first-order valence-corrected chi connectivity index (χ1v) is 4.15. The normalized spacial score (nSPS) is 16.1. The lowest BCUT2D eigenvalue weighted by atomic mass is 10.1. The first kappa shape index (κ1) is 9.18. The van der Waals surface area contributed by atoms with Crippen LogP contribution in [0.25, 0.3) is 0 Å². The highest BCUT2D eigenvalue weighted by Crippen LogP contribution is 2.27. The number of alkyl halides is 3. The lowest BCUT2D eigenvalue weighted by molar-refractivity contribution is -0.141. The number of hydrogen-bond donors (Lipinski definition) is 0. The minimum absolute atomic E-state index is 0.339. The van der Waals surface area contributed by atoms with Crippen molar-refractivity contribution in [2.45, 2.75) is 12.6 Å². The molecule has 0 fully saturated rings. The maximum atomic E-state index is 12.3. The summed E-state index contributed by atoms with van der Waals surface area (Å²) in [5, 5.41) is 0. The van der Waals surface area contributed by atoms with Gasteiger partial charge in [-0.05, 0) is 12.1 Å². The Morgan fingerprint density at radius 3 is 2.43 bits per heavy atom. The fourth-order valence-corrected chi connectivity index (χ4v) is 1.19. The second-order valence-corrected chi connectivity index (χ2v) is 2.98. The van der Waals surface area contributed by atoms with E-state index in [1.165, 1.54) is 6.07 Å². The van der Waals surface area contributed by atoms with E-state index >= 15 is 0 Å². The molecule has 0 saturated heterocycles. The molecule has 0 aromatic carbocycles. The molecule has 1 aromatic heterocycles. The highest BCUT2D eigenvalue weighted by atomic mass is 19.4. The largest absolute Gasteiger partial charge is 0.433 e. The molecule has 0 aliphatic carbocycles. The van der Waals surface area contributed by atoms with Gasteiger partial charge in [0.1, 0.15) is 5.69 Å². The number of pyridine rings is 1. The van der Waals surface area contributed by atoms with E-state index in [0.29, 0.717) is 24.4 Å². The number of rotatable bonds is 1. The van der Waals surface area contributed by atoms with E-state index in [9.17, 15) is 13.2 Å². The molecule has 0 spiro atoms. The zero-order valence-electron chi connectivity index (χ0n) is 7.17. The predicted molar refractivity (Wildman–Crippen MR) is 45.3 cm³/mol. The van der Waals surface area contributed by atoms with Crippen LogP contribution in [-0.4, -0.2) is 17.2 Å². The van der Waals surface area contributed by atoms with E-state index in [4.69, 9.17) is 0 Å². The van der Waals surface area contributed by atoms with Crippen molar-refractivity contribution >= 4 is 5.71 Å². The Hall–Kier alpha value is -1.39. The Labute approximate surface area is 78.5 Å². The Bertz CT molecular complexity index is 382. The van der Waals surface area contributed by atoms with Crippen molar-refractivity contribution in [2.24, 2.45) is 4.99 Å². The molecule has 0 bridgehead atoms. The van der Waals surface area contributed by atoms with Crippen molar-refractivity contribution in [3.8, 4) is 0 Å². The van der Waals surface area contributed by atoms with Crippen LogP contribution in [-0.2, 0) is 6.18 Å². The van der Waals surface area contributed by atoms with Gasteiger partial charge < -0.3 is 0 Å². The molecule has 0 atom stereocenters. The van der Waals surface area contributed by atoms with Crippen LogP contribution in [0, 0.1) is 0 Å². The molecule has 0 amide bonds. The zero-order valence-corrected chi connectivity index (χ0v) is 7.17. The minimum Gasteiger partial charge on any atom is -0.287 e. The maximum Gasteiger partial charge on any atom is 0.433 e. The van der Waals surface area contributed by atoms with Crippen molar-refractivity contribution in [2.75, 3.05) is 6.54 Å². The van der Waals surface area contributed by atoms with Crippen LogP contribution in [0.1, 0.15) is 17.8 Å². The molecule has 2 heterocycles. The van der Waals surface area contributed by atoms with Crippen LogP contribution in [0.15, 0.2) is 23.2 Å². The third-order valence-electron chi connectivity index (χ3n) is 1.99. The van der Waals surface area contributed by atoms with Gasteiger partial charge in [-0.1, -0.05) is 6.07 Å². The average molecular weight is 200 g/mol. The van der Waals surface area contributed by atoms with Crippen molar-refractivity contribution in [3.63, 3.8) is 0 Å². The van der Waals surface area contributed by atoms with Gasteiger partial charge in [0.25, 0.3) is 0 Å². The highest BCUT2D eigenvalue weighted by Gasteiger charge is 2.32. The molecule has 2 rings (SSSR count). The van der Waals surface area contributed by atoms with Crippen LogP contribution in [0.2, 0.25) is 0 Å². The van der Waals surface area contributed by atoms with E-state index in [1.807, 2.05) is 0 Å². The summed E-state index contributed by atoms with van der Waals surface area (Å²) in [5.74, 6) is 0. The molecule has 0 saturated carbocycles. The fraction of sp³-hybridized carbons (Fsp3) is 0.333. The van der Waals surface area contributed by atoms with Crippen LogP contribution in [0.5, 0.6) is 0 Å². The average Bonchev–Trinajstić information content (AvgIpc) is 2.00. The van der Waals surface area contributed by atoms with Gasteiger partial charge in [-0.25, -0.2) is 4.98 Å². The van der Waals surface area contributed by atoms with E-state index in [-0.39, 0.29) is 0 Å². The lowest BCUT2D eigenvalue weighted by Gasteiger charge is -2.13. The van der Waals surface area contributed by atoms with E-state index in [1.54, 1.807) is 6.07 Å². The van der Waals surface area contributed by atoms with Gasteiger partial charge in [-0.2, -0.15) is 13.2 Å². The Balaban J connectivity index is 2.36. The van der Waals surface area contributed by atoms with Crippen LogP contribution < -0.4 is 0 Å². The smallest absolute Gasteiger partial charge is 0.287 e. The molecule has 1 aromatic rings. The van der Waals surface area contributed by atoms with Crippen LogP contribution >= 0.6 is 0 Å². The monoisotopic (exact) mass is 200 g/mol. The van der Waals surface area contributed by atoms with Gasteiger partial charge in [0, 0.05) is 13.0 Å². The summed E-state index contributed by atoms with van der Waals surface area (Å²) in [6.07, 6.45) is -3.66. The van der Waals surface area contributed by atoms with Gasteiger partial charge in [-0.3, -0.25) is 4.99 Å². The van der Waals surface area contributed by atoms with Gasteiger partial charge in [0.15, 0.2) is 0 Å². The SMILES string of the molecule is FC(F)(F)c1cccc(C2=NCC2)n1. The number of aliphatic imine (C=N–C) groups is 1. The Morgan fingerprint density at radius 2 is 1.93 bits per heavy atom. The van der Waals surface area contributed by atoms with E-state index in [2.05, 4.69) is 9.98 Å². The standard InChI is InChI=1S/C9H7F3N2/c10-9(11,12)8-3-1-2-7(14-8)6-4-5-13-6/h1-3H,4-5H2. The zero-order chi connectivity index (χ0) is 10.2. The first-order valence-electron chi connectivity index (χ1n) is 4.15. The molecule has 0 N–H and O–H groups in total. The van der Waals surface area contributed by atoms with Crippen molar-refractivity contribution in [1.29, 1.82) is 0 Å². The Morgan fingerprint density at radius 1 is 1.21 bits per heavy atom. The van der Waals surface area contributed by atoms with Gasteiger partial charge >= 0.3 is 6.18 Å². The molecule has 0 unspecified atom stereocenters. The molecule has 2 nitrogen and oxygen atoms in total. The van der Waals surface area contributed by atoms with Crippen molar-refractivity contribution in [3.05, 3.63) is 29.6 Å². The Kier molecular flexibility index (Phi) is 2.02. The summed E-state index contributed by atoms with van der Waals surface area (Å²) in [6, 6.07) is 3.86. The van der Waals surface area contributed by atoms with Gasteiger partial charge in [0.2, 0.25) is 0 Å². The fourth-order valence-electron chi connectivity index (χ4n) is 1.19. The van der Waals surface area contributed by atoms with E-state index < -0.39 is 11.9 Å². The predicted octanol–water partition coefficient (Wildman–Crippen LogP) is 2.29. The summed E-state index contributed by atoms with van der Waals surface area (Å²) < 4.78 is 36.8. The third-order valence-corrected chi connectivity index (χ3v) is 1.99. The molecular formula is C9H7F3N2. The van der Waals surface area contributed by atoms with Crippen LogP contribution in [0.3, 0.4) is 0 Å². The van der Waals surface area contributed by atoms with Gasteiger partial charge in [-0.15, -0.1) is 0 Å². The summed E-state index contributed by atoms with van der Waals surface area (Å²) in [5.41, 5.74) is 0.145. The van der Waals surface area contributed by atoms with Crippen molar-refractivity contribution in [1.82, 2.24) is 4.98 Å². The molecule has 0 radical (unpaired) electrons. The lowest BCUT2D eigenvalue weighted by Crippen LogP contribution is -2.17. The maximum absolute atomic E-state index is 12.3. The molecule has 14 heavy (non-hydrogen) atoms. The number of halogens is 3.